The smallest absolute Gasteiger partial charge is 0.331 e. The number of carbonyl (C=O) groups is 1. The van der Waals surface area contributed by atoms with Crippen LogP contribution >= 0.6 is 0 Å². The fraction of sp³-hybridized carbons (Fsp3) is 0.417. The Morgan fingerprint density at radius 2 is 2.39 bits per heavy atom. The third kappa shape index (κ3) is 3.27. The minimum absolute atomic E-state index is 0.241. The summed E-state index contributed by atoms with van der Waals surface area (Å²) in [4.78, 5) is 19.0. The van der Waals surface area contributed by atoms with Crippen LogP contribution in [0.4, 0.5) is 5.82 Å². The predicted octanol–water partition coefficient (Wildman–Crippen LogP) is 0.738. The second kappa shape index (κ2) is 5.59. The summed E-state index contributed by atoms with van der Waals surface area (Å²) in [7, 11) is 0. The van der Waals surface area contributed by atoms with Crippen LogP contribution in [0.3, 0.4) is 0 Å². The van der Waals surface area contributed by atoms with Crippen molar-refractivity contribution in [3.8, 4) is 0 Å². The van der Waals surface area contributed by atoms with E-state index in [1.165, 1.54) is 13.0 Å². The van der Waals surface area contributed by atoms with E-state index in [1.54, 1.807) is 12.4 Å². The summed E-state index contributed by atoms with van der Waals surface area (Å²) in [5.74, 6) is -0.232. The lowest BCUT2D eigenvalue weighted by Crippen LogP contribution is -2.22. The first-order valence-corrected chi connectivity index (χ1v) is 5.86. The molecular weight excluding hydrogens is 232 g/mol. The van der Waals surface area contributed by atoms with Gasteiger partial charge in [0.25, 0.3) is 0 Å². The van der Waals surface area contributed by atoms with E-state index < -0.39 is 5.97 Å². The molecule has 1 saturated heterocycles. The van der Waals surface area contributed by atoms with Crippen molar-refractivity contribution in [2.24, 2.45) is 0 Å². The van der Waals surface area contributed by atoms with E-state index >= 15 is 0 Å². The van der Waals surface area contributed by atoms with Crippen molar-refractivity contribution in [2.45, 2.75) is 19.4 Å². The lowest BCUT2D eigenvalue weighted by Gasteiger charge is -2.11. The third-order valence-corrected chi connectivity index (χ3v) is 2.79. The maximum atomic E-state index is 10.7. The van der Waals surface area contributed by atoms with Gasteiger partial charge in [-0.15, -0.1) is 0 Å². The molecular formula is C12H16N4O2. The molecule has 0 unspecified atom stereocenters. The van der Waals surface area contributed by atoms with Gasteiger partial charge in [0.2, 0.25) is 0 Å². The number of hydrogen-bond donors (Lipinski definition) is 3. The minimum atomic E-state index is -0.948. The second-order valence-electron chi connectivity index (χ2n) is 4.29. The summed E-state index contributed by atoms with van der Waals surface area (Å²) in [6, 6.07) is 0.390. The Bertz CT molecular complexity index is 450. The van der Waals surface area contributed by atoms with Crippen LogP contribution in [0.2, 0.25) is 0 Å². The number of nitrogens with zero attached hydrogens (tertiary/aromatic N) is 2. The van der Waals surface area contributed by atoms with E-state index in [9.17, 15) is 4.79 Å². The molecule has 1 aliphatic heterocycles. The van der Waals surface area contributed by atoms with Gasteiger partial charge >= 0.3 is 5.97 Å². The van der Waals surface area contributed by atoms with Crippen molar-refractivity contribution in [3.05, 3.63) is 23.7 Å². The van der Waals surface area contributed by atoms with E-state index in [1.807, 2.05) is 0 Å². The molecule has 2 heterocycles. The predicted molar refractivity (Wildman–Crippen MR) is 68.2 cm³/mol. The van der Waals surface area contributed by atoms with Gasteiger partial charge in [-0.25, -0.2) is 9.78 Å². The zero-order chi connectivity index (χ0) is 13.0. The Morgan fingerprint density at radius 1 is 1.56 bits per heavy atom. The minimum Gasteiger partial charge on any atom is -0.478 e. The molecule has 96 valence electrons. The highest BCUT2D eigenvalue weighted by atomic mass is 16.4. The fourth-order valence-corrected chi connectivity index (χ4v) is 1.76. The first kappa shape index (κ1) is 12.5. The Morgan fingerprint density at radius 3 is 2.94 bits per heavy atom. The molecule has 1 aliphatic rings. The Labute approximate surface area is 105 Å². The molecule has 6 heteroatoms. The van der Waals surface area contributed by atoms with Gasteiger partial charge in [0.1, 0.15) is 5.82 Å². The largest absolute Gasteiger partial charge is 0.478 e. The van der Waals surface area contributed by atoms with Crippen molar-refractivity contribution in [3.63, 3.8) is 0 Å². The van der Waals surface area contributed by atoms with E-state index in [-0.39, 0.29) is 5.57 Å². The van der Waals surface area contributed by atoms with Gasteiger partial charge in [0.15, 0.2) is 0 Å². The number of aliphatic carboxylic acids is 1. The van der Waals surface area contributed by atoms with Crippen molar-refractivity contribution in [2.75, 3.05) is 18.4 Å². The zero-order valence-electron chi connectivity index (χ0n) is 10.2. The topological polar surface area (TPSA) is 87.1 Å². The zero-order valence-corrected chi connectivity index (χ0v) is 10.2. The molecule has 0 aliphatic carbocycles. The summed E-state index contributed by atoms with van der Waals surface area (Å²) in [6.07, 6.45) is 5.76. The Hall–Kier alpha value is -1.95. The fourth-order valence-electron chi connectivity index (χ4n) is 1.76. The molecule has 0 saturated carbocycles. The molecule has 0 aromatic carbocycles. The number of aromatic nitrogens is 2. The number of rotatable bonds is 4. The van der Waals surface area contributed by atoms with Gasteiger partial charge in [-0.1, -0.05) is 0 Å². The first-order valence-electron chi connectivity index (χ1n) is 5.86. The Balaban J connectivity index is 2.00. The van der Waals surface area contributed by atoms with Crippen LogP contribution in [-0.2, 0) is 4.79 Å². The standard InChI is InChI=1S/C12H16N4O2/c1-8(12(17)18)4-10-6-15-11(7-14-10)16-9-2-3-13-5-9/h4,6-7,9,13H,2-3,5H2,1H3,(H,15,16)(H,17,18)/t9-/m1/s1. The van der Waals surface area contributed by atoms with Crippen molar-refractivity contribution < 1.29 is 9.90 Å². The van der Waals surface area contributed by atoms with Crippen molar-refractivity contribution in [1.82, 2.24) is 15.3 Å². The molecule has 1 aromatic rings. The maximum absolute atomic E-state index is 10.7. The second-order valence-corrected chi connectivity index (χ2v) is 4.29. The maximum Gasteiger partial charge on any atom is 0.331 e. The molecule has 0 amide bonds. The normalized spacial score (nSPS) is 19.8. The highest BCUT2D eigenvalue weighted by Gasteiger charge is 2.14. The summed E-state index contributed by atoms with van der Waals surface area (Å²) in [6.45, 7) is 3.48. The van der Waals surface area contributed by atoms with Crippen LogP contribution in [-0.4, -0.2) is 40.2 Å². The van der Waals surface area contributed by atoms with Crippen LogP contribution in [0, 0.1) is 0 Å². The summed E-state index contributed by atoms with van der Waals surface area (Å²) in [5, 5.41) is 15.3. The molecule has 3 N–H and O–H groups in total. The van der Waals surface area contributed by atoms with E-state index in [0.717, 1.165) is 19.5 Å². The van der Waals surface area contributed by atoms with Gasteiger partial charge in [0, 0.05) is 18.2 Å². The monoisotopic (exact) mass is 248 g/mol. The molecule has 0 bridgehead atoms. The van der Waals surface area contributed by atoms with Crippen LogP contribution in [0.5, 0.6) is 0 Å². The quantitative estimate of drug-likeness (QED) is 0.681. The van der Waals surface area contributed by atoms with Gasteiger partial charge < -0.3 is 15.7 Å². The van der Waals surface area contributed by atoms with Gasteiger partial charge in [-0.3, -0.25) is 4.98 Å². The number of hydrogen-bond acceptors (Lipinski definition) is 5. The molecule has 1 fully saturated rings. The molecule has 18 heavy (non-hydrogen) atoms. The molecule has 2 rings (SSSR count). The van der Waals surface area contributed by atoms with Crippen molar-refractivity contribution >= 4 is 17.9 Å². The lowest BCUT2D eigenvalue weighted by molar-refractivity contribution is -0.132. The van der Waals surface area contributed by atoms with Crippen LogP contribution in [0.15, 0.2) is 18.0 Å². The molecule has 6 nitrogen and oxygen atoms in total. The average molecular weight is 248 g/mol. The average Bonchev–Trinajstić information content (AvgIpc) is 2.84. The highest BCUT2D eigenvalue weighted by molar-refractivity contribution is 5.91. The molecule has 1 atom stereocenters. The van der Waals surface area contributed by atoms with E-state index in [2.05, 4.69) is 20.6 Å². The highest BCUT2D eigenvalue weighted by Crippen LogP contribution is 2.09. The van der Waals surface area contributed by atoms with Gasteiger partial charge in [-0.2, -0.15) is 0 Å². The van der Waals surface area contributed by atoms with Gasteiger partial charge in [0.05, 0.1) is 18.1 Å². The van der Waals surface area contributed by atoms with Crippen LogP contribution < -0.4 is 10.6 Å². The van der Waals surface area contributed by atoms with Crippen LogP contribution in [0.1, 0.15) is 19.0 Å². The molecule has 1 aromatic heterocycles. The van der Waals surface area contributed by atoms with E-state index in [0.29, 0.717) is 17.6 Å². The Kier molecular flexibility index (Phi) is 3.88. The third-order valence-electron chi connectivity index (χ3n) is 2.79. The lowest BCUT2D eigenvalue weighted by atomic mass is 10.2. The van der Waals surface area contributed by atoms with Crippen LogP contribution in [0.25, 0.3) is 6.08 Å². The van der Waals surface area contributed by atoms with Gasteiger partial charge in [-0.05, 0) is 26.0 Å². The van der Waals surface area contributed by atoms with Crippen molar-refractivity contribution in [1.29, 1.82) is 0 Å². The number of carboxylic acid groups (broad SMARTS) is 1. The molecule has 0 spiro atoms. The number of nitrogens with one attached hydrogen (secondary N) is 2. The van der Waals surface area contributed by atoms with E-state index in [4.69, 9.17) is 5.11 Å². The summed E-state index contributed by atoms with van der Waals surface area (Å²) >= 11 is 0. The summed E-state index contributed by atoms with van der Waals surface area (Å²) < 4.78 is 0. The number of anilines is 1. The number of carboxylic acids is 1. The first-order chi connectivity index (χ1) is 8.65. The SMILES string of the molecule is CC(=Cc1cnc(N[C@@H]2CCNC2)cn1)C(=O)O. The molecule has 0 radical (unpaired) electrons. The summed E-state index contributed by atoms with van der Waals surface area (Å²) in [5.41, 5.74) is 0.787.